The van der Waals surface area contributed by atoms with Crippen LogP contribution in [0.4, 0.5) is 0 Å². The zero-order valence-electron chi connectivity index (χ0n) is 6.19. The average molecular weight is 150 g/mol. The van der Waals surface area contributed by atoms with Gasteiger partial charge in [-0.2, -0.15) is 0 Å². The number of fused-ring (bicyclic) bond motifs is 2. The Labute approximate surface area is 65.5 Å². The van der Waals surface area contributed by atoms with E-state index >= 15 is 0 Å². The monoisotopic (exact) mass is 150 g/mol. The van der Waals surface area contributed by atoms with Crippen molar-refractivity contribution in [2.24, 2.45) is 5.92 Å². The molecule has 2 aliphatic heterocycles. The van der Waals surface area contributed by atoms with Crippen LogP contribution in [0.1, 0.15) is 6.42 Å². The van der Waals surface area contributed by atoms with Crippen LogP contribution in [-0.4, -0.2) is 18.0 Å². The van der Waals surface area contributed by atoms with Gasteiger partial charge in [-0.25, -0.2) is 0 Å². The maximum Gasteiger partial charge on any atom is 0.161 e. The SMILES string of the molecule is C=CC(=O)[C@@H]1C[C@@H]2C=C[C@H]1O2. The highest BCUT2D eigenvalue weighted by Crippen LogP contribution is 2.34. The predicted octanol–water partition coefficient (Wildman–Crippen LogP) is 1.08. The van der Waals surface area contributed by atoms with Gasteiger partial charge >= 0.3 is 0 Å². The molecule has 58 valence electrons. The van der Waals surface area contributed by atoms with Crippen molar-refractivity contribution in [1.82, 2.24) is 0 Å². The molecule has 2 aliphatic rings. The fourth-order valence-electron chi connectivity index (χ4n) is 1.70. The molecule has 0 amide bonds. The average Bonchev–Trinajstić information content (AvgIpc) is 2.62. The van der Waals surface area contributed by atoms with E-state index in [2.05, 4.69) is 6.58 Å². The van der Waals surface area contributed by atoms with Crippen molar-refractivity contribution in [3.8, 4) is 0 Å². The molecule has 11 heavy (non-hydrogen) atoms. The largest absolute Gasteiger partial charge is 0.366 e. The molecule has 0 spiro atoms. The zero-order chi connectivity index (χ0) is 7.84. The van der Waals surface area contributed by atoms with Crippen molar-refractivity contribution >= 4 is 5.78 Å². The first kappa shape index (κ1) is 6.80. The van der Waals surface area contributed by atoms with Gasteiger partial charge in [-0.05, 0) is 12.5 Å². The maximum atomic E-state index is 11.2. The Morgan fingerprint density at radius 3 is 2.91 bits per heavy atom. The van der Waals surface area contributed by atoms with Crippen LogP contribution in [-0.2, 0) is 9.53 Å². The van der Waals surface area contributed by atoms with Gasteiger partial charge in [0.1, 0.15) is 0 Å². The molecule has 2 nitrogen and oxygen atoms in total. The van der Waals surface area contributed by atoms with E-state index in [-0.39, 0.29) is 23.9 Å². The molecule has 2 heteroatoms. The fraction of sp³-hybridized carbons (Fsp3) is 0.444. The Morgan fingerprint density at radius 1 is 1.64 bits per heavy atom. The number of allylic oxidation sites excluding steroid dienone is 1. The quantitative estimate of drug-likeness (QED) is 0.435. The van der Waals surface area contributed by atoms with Crippen LogP contribution in [0.3, 0.4) is 0 Å². The molecule has 3 atom stereocenters. The van der Waals surface area contributed by atoms with Crippen LogP contribution in [0.2, 0.25) is 0 Å². The second-order valence-electron chi connectivity index (χ2n) is 2.97. The summed E-state index contributed by atoms with van der Waals surface area (Å²) in [5, 5.41) is 0. The number of rotatable bonds is 2. The lowest BCUT2D eigenvalue weighted by molar-refractivity contribution is -0.119. The van der Waals surface area contributed by atoms with E-state index in [0.29, 0.717) is 0 Å². The van der Waals surface area contributed by atoms with Crippen molar-refractivity contribution in [3.05, 3.63) is 24.8 Å². The highest BCUT2D eigenvalue weighted by atomic mass is 16.5. The first-order chi connectivity index (χ1) is 5.31. The topological polar surface area (TPSA) is 26.3 Å². The summed E-state index contributed by atoms with van der Waals surface area (Å²) < 4.78 is 5.43. The summed E-state index contributed by atoms with van der Waals surface area (Å²) >= 11 is 0. The van der Waals surface area contributed by atoms with Crippen LogP contribution in [0.5, 0.6) is 0 Å². The number of hydrogen-bond acceptors (Lipinski definition) is 2. The van der Waals surface area contributed by atoms with Gasteiger partial charge in [-0.15, -0.1) is 0 Å². The minimum atomic E-state index is 0.0329. The fourth-order valence-corrected chi connectivity index (χ4v) is 1.70. The summed E-state index contributed by atoms with van der Waals surface area (Å²) in [6.07, 6.45) is 6.45. The molecule has 0 aromatic rings. The molecule has 0 N–H and O–H groups in total. The molecule has 2 rings (SSSR count). The second-order valence-corrected chi connectivity index (χ2v) is 2.97. The molecule has 0 aromatic carbocycles. The number of ketones is 1. The Kier molecular flexibility index (Phi) is 1.43. The molecule has 0 radical (unpaired) electrons. The molecule has 2 heterocycles. The Bertz CT molecular complexity index is 230. The number of carbonyl (C=O) groups excluding carboxylic acids is 1. The van der Waals surface area contributed by atoms with Gasteiger partial charge in [0.05, 0.1) is 18.1 Å². The van der Waals surface area contributed by atoms with Gasteiger partial charge in [0.15, 0.2) is 5.78 Å². The van der Waals surface area contributed by atoms with Crippen LogP contribution in [0.25, 0.3) is 0 Å². The van der Waals surface area contributed by atoms with Gasteiger partial charge in [0.25, 0.3) is 0 Å². The van der Waals surface area contributed by atoms with Crippen LogP contribution in [0, 0.1) is 5.92 Å². The van der Waals surface area contributed by atoms with Crippen LogP contribution >= 0.6 is 0 Å². The highest BCUT2D eigenvalue weighted by molar-refractivity contribution is 5.92. The van der Waals surface area contributed by atoms with Gasteiger partial charge in [0.2, 0.25) is 0 Å². The molecular formula is C9H10O2. The van der Waals surface area contributed by atoms with E-state index in [4.69, 9.17) is 4.74 Å². The molecule has 2 bridgehead atoms. The third-order valence-electron chi connectivity index (χ3n) is 2.30. The van der Waals surface area contributed by atoms with E-state index in [1.54, 1.807) is 0 Å². The van der Waals surface area contributed by atoms with Crippen molar-refractivity contribution in [2.75, 3.05) is 0 Å². The van der Waals surface area contributed by atoms with Gasteiger partial charge in [0, 0.05) is 0 Å². The maximum absolute atomic E-state index is 11.2. The first-order valence-electron chi connectivity index (χ1n) is 3.81. The van der Waals surface area contributed by atoms with Crippen molar-refractivity contribution in [2.45, 2.75) is 18.6 Å². The zero-order valence-corrected chi connectivity index (χ0v) is 6.19. The van der Waals surface area contributed by atoms with E-state index in [0.717, 1.165) is 6.42 Å². The standard InChI is InChI=1S/C9H10O2/c1-2-8(10)7-5-6-3-4-9(7)11-6/h2-4,6-7,9H,1,5H2/t6-,7-,9+/m0/s1. The lowest BCUT2D eigenvalue weighted by atomic mass is 9.90. The summed E-state index contributed by atoms with van der Waals surface area (Å²) in [4.78, 5) is 11.2. The number of ether oxygens (including phenoxy) is 1. The van der Waals surface area contributed by atoms with E-state index < -0.39 is 0 Å². The van der Waals surface area contributed by atoms with Gasteiger partial charge in [-0.1, -0.05) is 18.7 Å². The minimum absolute atomic E-state index is 0.0329. The Hall–Kier alpha value is -0.890. The molecule has 1 fully saturated rings. The minimum Gasteiger partial charge on any atom is -0.366 e. The summed E-state index contributed by atoms with van der Waals surface area (Å²) in [6, 6.07) is 0. The molecule has 0 saturated carbocycles. The van der Waals surface area contributed by atoms with Gasteiger partial charge in [-0.3, -0.25) is 4.79 Å². The number of hydrogen-bond donors (Lipinski definition) is 0. The third-order valence-corrected chi connectivity index (χ3v) is 2.30. The molecule has 0 unspecified atom stereocenters. The molecular weight excluding hydrogens is 140 g/mol. The van der Waals surface area contributed by atoms with E-state index in [1.807, 2.05) is 12.2 Å². The first-order valence-corrected chi connectivity index (χ1v) is 3.81. The summed E-state index contributed by atoms with van der Waals surface area (Å²) in [5.41, 5.74) is 0. The molecule has 0 aliphatic carbocycles. The normalized spacial score (nSPS) is 39.5. The van der Waals surface area contributed by atoms with Crippen LogP contribution < -0.4 is 0 Å². The Balaban J connectivity index is 2.14. The predicted molar refractivity (Wildman–Crippen MR) is 41.1 cm³/mol. The summed E-state index contributed by atoms with van der Waals surface area (Å²) in [7, 11) is 0. The molecule has 0 aromatic heterocycles. The summed E-state index contributed by atoms with van der Waals surface area (Å²) in [5.74, 6) is 0.157. The Morgan fingerprint density at radius 2 is 2.45 bits per heavy atom. The molecule has 1 saturated heterocycles. The third kappa shape index (κ3) is 0.942. The lowest BCUT2D eigenvalue weighted by Crippen LogP contribution is -2.21. The van der Waals surface area contributed by atoms with E-state index in [1.165, 1.54) is 6.08 Å². The summed E-state index contributed by atoms with van der Waals surface area (Å²) in [6.45, 7) is 3.46. The van der Waals surface area contributed by atoms with Crippen molar-refractivity contribution < 1.29 is 9.53 Å². The smallest absolute Gasteiger partial charge is 0.161 e. The van der Waals surface area contributed by atoms with Crippen molar-refractivity contribution in [1.29, 1.82) is 0 Å². The second kappa shape index (κ2) is 2.31. The van der Waals surface area contributed by atoms with Crippen LogP contribution in [0.15, 0.2) is 24.8 Å². The van der Waals surface area contributed by atoms with E-state index in [9.17, 15) is 4.79 Å². The van der Waals surface area contributed by atoms with Gasteiger partial charge < -0.3 is 4.74 Å². The number of carbonyl (C=O) groups is 1. The lowest BCUT2D eigenvalue weighted by Gasteiger charge is -2.10. The highest BCUT2D eigenvalue weighted by Gasteiger charge is 2.39. The van der Waals surface area contributed by atoms with Crippen molar-refractivity contribution in [3.63, 3.8) is 0 Å².